The highest BCUT2D eigenvalue weighted by atomic mass is 32.2. The summed E-state index contributed by atoms with van der Waals surface area (Å²) >= 11 is 0. The summed E-state index contributed by atoms with van der Waals surface area (Å²) in [6.45, 7) is 2.60. The van der Waals surface area contributed by atoms with E-state index in [2.05, 4.69) is 5.32 Å². The Morgan fingerprint density at radius 3 is 2.41 bits per heavy atom. The van der Waals surface area contributed by atoms with E-state index < -0.39 is 16.1 Å². The number of anilines is 2. The lowest BCUT2D eigenvalue weighted by atomic mass is 10.1. The highest BCUT2D eigenvalue weighted by Gasteiger charge is 2.36. The molecule has 2 heterocycles. The number of amides is 2. The summed E-state index contributed by atoms with van der Waals surface area (Å²) in [6, 6.07) is 28.6. The van der Waals surface area contributed by atoms with Crippen LogP contribution in [0.4, 0.5) is 11.4 Å². The monoisotopic (exact) mass is 567 g/mol. The normalized spacial score (nSPS) is 16.0. The van der Waals surface area contributed by atoms with E-state index in [0.29, 0.717) is 42.2 Å². The van der Waals surface area contributed by atoms with Gasteiger partial charge in [0.15, 0.2) is 6.10 Å². The molecule has 2 aliphatic rings. The number of para-hydroxylation sites is 2. The molecule has 0 aromatic heterocycles. The van der Waals surface area contributed by atoms with Crippen molar-refractivity contribution in [1.82, 2.24) is 5.32 Å². The number of hydrogen-bond donors (Lipinski definition) is 1. The fraction of sp³-hybridized carbons (Fsp3) is 0.188. The van der Waals surface area contributed by atoms with E-state index in [1.54, 1.807) is 65.6 Å². The van der Waals surface area contributed by atoms with Crippen LogP contribution in [0.3, 0.4) is 0 Å². The van der Waals surface area contributed by atoms with Gasteiger partial charge in [-0.25, -0.2) is 8.42 Å². The molecular formula is C32H29N3O5S. The summed E-state index contributed by atoms with van der Waals surface area (Å²) in [7, 11) is -3.73. The van der Waals surface area contributed by atoms with Gasteiger partial charge in [0, 0.05) is 18.7 Å². The van der Waals surface area contributed by atoms with Gasteiger partial charge >= 0.3 is 0 Å². The number of rotatable bonds is 6. The molecule has 41 heavy (non-hydrogen) atoms. The smallest absolute Gasteiger partial charge is 0.264 e. The molecule has 0 fully saturated rings. The number of carbonyl (C=O) groups is 2. The Morgan fingerprint density at radius 2 is 1.63 bits per heavy atom. The summed E-state index contributed by atoms with van der Waals surface area (Å²) in [5.74, 6) is -0.153. The van der Waals surface area contributed by atoms with Crippen LogP contribution >= 0.6 is 0 Å². The Labute approximate surface area is 239 Å². The van der Waals surface area contributed by atoms with E-state index >= 15 is 0 Å². The third-order valence-corrected chi connectivity index (χ3v) is 9.24. The van der Waals surface area contributed by atoms with Crippen molar-refractivity contribution in [2.45, 2.75) is 30.9 Å². The number of sulfonamides is 1. The summed E-state index contributed by atoms with van der Waals surface area (Å²) < 4.78 is 34.1. The molecule has 9 heteroatoms. The van der Waals surface area contributed by atoms with Crippen LogP contribution in [0.15, 0.2) is 102 Å². The van der Waals surface area contributed by atoms with Crippen LogP contribution in [0, 0.1) is 6.92 Å². The standard InChI is InChI=1S/C32H29N3O5S/c1-22-11-14-26(15-12-22)41(38,39)35-18-17-24-19-25(13-16-27(24)35)32(37)34-21-30(40-29-10-6-5-9-28(29)34)31(36)33-20-23-7-3-2-4-8-23/h2-16,19,30H,17-18,20-21H2,1H3,(H,33,36)/t30-/m1/s1. The quantitative estimate of drug-likeness (QED) is 0.371. The lowest BCUT2D eigenvalue weighted by Gasteiger charge is -2.34. The topological polar surface area (TPSA) is 96.0 Å². The first-order valence-corrected chi connectivity index (χ1v) is 14.9. The van der Waals surface area contributed by atoms with Crippen molar-refractivity contribution in [1.29, 1.82) is 0 Å². The molecular weight excluding hydrogens is 538 g/mol. The minimum absolute atomic E-state index is 0.0431. The zero-order valence-electron chi connectivity index (χ0n) is 22.5. The van der Waals surface area contributed by atoms with Gasteiger partial charge in [0.1, 0.15) is 5.75 Å². The van der Waals surface area contributed by atoms with Gasteiger partial charge in [-0.1, -0.05) is 60.2 Å². The third-order valence-electron chi connectivity index (χ3n) is 7.41. The zero-order chi connectivity index (χ0) is 28.6. The van der Waals surface area contributed by atoms with Gasteiger partial charge in [-0.05, 0) is 66.9 Å². The molecule has 2 amide bonds. The maximum absolute atomic E-state index is 13.8. The number of aryl methyl sites for hydroxylation is 1. The molecule has 8 nitrogen and oxygen atoms in total. The molecule has 0 radical (unpaired) electrons. The second kappa shape index (κ2) is 10.7. The van der Waals surface area contributed by atoms with Crippen molar-refractivity contribution >= 4 is 33.2 Å². The van der Waals surface area contributed by atoms with Crippen molar-refractivity contribution in [2.24, 2.45) is 0 Å². The molecule has 4 aromatic carbocycles. The van der Waals surface area contributed by atoms with E-state index in [1.807, 2.05) is 43.3 Å². The van der Waals surface area contributed by atoms with Crippen LogP contribution in [0.5, 0.6) is 5.75 Å². The minimum atomic E-state index is -3.73. The number of ether oxygens (including phenoxy) is 1. The fourth-order valence-corrected chi connectivity index (χ4v) is 6.71. The Bertz CT molecular complexity index is 1720. The molecule has 1 atom stereocenters. The van der Waals surface area contributed by atoms with Gasteiger partial charge in [0.05, 0.1) is 22.8 Å². The Balaban J connectivity index is 1.24. The first-order chi connectivity index (χ1) is 19.8. The van der Waals surface area contributed by atoms with Gasteiger partial charge in [0.25, 0.3) is 21.8 Å². The summed E-state index contributed by atoms with van der Waals surface area (Å²) in [5, 5.41) is 2.90. The predicted molar refractivity (Wildman–Crippen MR) is 157 cm³/mol. The molecule has 0 saturated heterocycles. The number of carbonyl (C=O) groups excluding carboxylic acids is 2. The van der Waals surface area contributed by atoms with Gasteiger partial charge in [-0.15, -0.1) is 0 Å². The number of nitrogens with zero attached hydrogens (tertiary/aromatic N) is 2. The molecule has 0 unspecified atom stereocenters. The van der Waals surface area contributed by atoms with Crippen LogP contribution in [0.2, 0.25) is 0 Å². The van der Waals surface area contributed by atoms with E-state index in [0.717, 1.165) is 16.7 Å². The summed E-state index contributed by atoms with van der Waals surface area (Å²) in [6.07, 6.45) is -0.395. The SMILES string of the molecule is Cc1ccc(S(=O)(=O)N2CCc3cc(C(=O)N4C[C@H](C(=O)NCc5ccccc5)Oc5ccccc54)ccc32)cc1. The molecule has 208 valence electrons. The summed E-state index contributed by atoms with van der Waals surface area (Å²) in [5.41, 5.74) is 4.29. The molecule has 4 aromatic rings. The molecule has 6 rings (SSSR count). The van der Waals surface area contributed by atoms with Crippen LogP contribution in [-0.4, -0.2) is 39.4 Å². The Hall–Kier alpha value is -4.63. The van der Waals surface area contributed by atoms with E-state index in [1.165, 1.54) is 4.31 Å². The number of nitrogens with one attached hydrogen (secondary N) is 1. The molecule has 0 saturated carbocycles. The average Bonchev–Trinajstić information content (AvgIpc) is 3.44. The van der Waals surface area contributed by atoms with Crippen LogP contribution in [0.1, 0.15) is 27.0 Å². The lowest BCUT2D eigenvalue weighted by Crippen LogP contribution is -2.50. The third kappa shape index (κ3) is 5.16. The molecule has 0 spiro atoms. The van der Waals surface area contributed by atoms with Crippen LogP contribution in [0.25, 0.3) is 0 Å². The summed E-state index contributed by atoms with van der Waals surface area (Å²) in [4.78, 5) is 28.7. The van der Waals surface area contributed by atoms with Crippen LogP contribution < -0.4 is 19.3 Å². The maximum atomic E-state index is 13.8. The predicted octanol–water partition coefficient (Wildman–Crippen LogP) is 4.47. The van der Waals surface area contributed by atoms with Crippen molar-refractivity contribution < 1.29 is 22.7 Å². The molecule has 0 bridgehead atoms. The van der Waals surface area contributed by atoms with Crippen molar-refractivity contribution in [3.63, 3.8) is 0 Å². The van der Waals surface area contributed by atoms with E-state index in [4.69, 9.17) is 4.74 Å². The fourth-order valence-electron chi connectivity index (χ4n) is 5.21. The van der Waals surface area contributed by atoms with E-state index in [-0.39, 0.29) is 23.3 Å². The maximum Gasteiger partial charge on any atom is 0.264 e. The Morgan fingerprint density at radius 1 is 0.902 bits per heavy atom. The number of fused-ring (bicyclic) bond motifs is 2. The number of hydrogen-bond acceptors (Lipinski definition) is 5. The number of benzene rings is 4. The molecule has 0 aliphatic carbocycles. The average molecular weight is 568 g/mol. The van der Waals surface area contributed by atoms with Gasteiger partial charge in [-0.3, -0.25) is 13.9 Å². The van der Waals surface area contributed by atoms with Gasteiger partial charge in [0.2, 0.25) is 0 Å². The van der Waals surface area contributed by atoms with Crippen LogP contribution in [-0.2, 0) is 27.8 Å². The van der Waals surface area contributed by atoms with Crippen molar-refractivity contribution in [2.75, 3.05) is 22.3 Å². The Kier molecular flexibility index (Phi) is 6.96. The lowest BCUT2D eigenvalue weighted by molar-refractivity contribution is -0.128. The highest BCUT2D eigenvalue weighted by Crippen LogP contribution is 2.37. The molecule has 2 aliphatic heterocycles. The second-order valence-corrected chi connectivity index (χ2v) is 12.0. The first kappa shape index (κ1) is 26.6. The van der Waals surface area contributed by atoms with Crippen molar-refractivity contribution in [3.05, 3.63) is 119 Å². The van der Waals surface area contributed by atoms with Gasteiger partial charge < -0.3 is 15.0 Å². The second-order valence-electron chi connectivity index (χ2n) is 10.2. The first-order valence-electron chi connectivity index (χ1n) is 13.4. The van der Waals surface area contributed by atoms with E-state index in [9.17, 15) is 18.0 Å². The van der Waals surface area contributed by atoms with Crippen molar-refractivity contribution in [3.8, 4) is 5.75 Å². The van der Waals surface area contributed by atoms with Gasteiger partial charge in [-0.2, -0.15) is 0 Å². The largest absolute Gasteiger partial charge is 0.477 e. The highest BCUT2D eigenvalue weighted by molar-refractivity contribution is 7.92. The minimum Gasteiger partial charge on any atom is -0.477 e. The molecule has 1 N–H and O–H groups in total. The zero-order valence-corrected chi connectivity index (χ0v) is 23.3.